The third-order valence-electron chi connectivity index (χ3n) is 4.60. The Balaban J connectivity index is 0.00000243. The van der Waals surface area contributed by atoms with Gasteiger partial charge in [0.2, 0.25) is 5.91 Å². The zero-order valence-corrected chi connectivity index (χ0v) is 17.3. The number of rotatable bonds is 5. The Kier molecular flexibility index (Phi) is 7.50. The number of hydrogen-bond acceptors (Lipinski definition) is 3. The van der Waals surface area contributed by atoms with Crippen LogP contribution < -0.4 is 10.6 Å². The van der Waals surface area contributed by atoms with Gasteiger partial charge < -0.3 is 20.0 Å². The van der Waals surface area contributed by atoms with E-state index in [-0.39, 0.29) is 41.8 Å². The van der Waals surface area contributed by atoms with Crippen LogP contribution in [-0.4, -0.2) is 37.4 Å². The molecule has 0 aliphatic carbocycles. The van der Waals surface area contributed by atoms with Gasteiger partial charge in [-0.25, -0.2) is 0 Å². The standard InChI is InChI=1S/C19H24N4O2.HI/c1-20-19(22-13-16-9-6-10-25-16)21-12-15-11-17(24)23(2)18(15)14-7-4-3-5-8-14;/h3-10,15,18H,11-13H2,1-2H3,(H2,20,21,22);1H. The molecule has 0 saturated carbocycles. The van der Waals surface area contributed by atoms with E-state index in [0.29, 0.717) is 25.5 Å². The van der Waals surface area contributed by atoms with E-state index in [1.807, 2.05) is 42.3 Å². The number of carbonyl (C=O) groups is 1. The molecule has 2 N–H and O–H groups in total. The molecule has 1 saturated heterocycles. The van der Waals surface area contributed by atoms with Crippen molar-refractivity contribution in [3.63, 3.8) is 0 Å². The second-order valence-corrected chi connectivity index (χ2v) is 6.21. The minimum absolute atomic E-state index is 0. The third-order valence-corrected chi connectivity index (χ3v) is 4.60. The third kappa shape index (κ3) is 4.78. The quantitative estimate of drug-likeness (QED) is 0.403. The minimum Gasteiger partial charge on any atom is -0.467 e. The van der Waals surface area contributed by atoms with Crippen molar-refractivity contribution in [2.45, 2.75) is 19.0 Å². The second-order valence-electron chi connectivity index (χ2n) is 6.21. The van der Waals surface area contributed by atoms with Crippen LogP contribution in [0.2, 0.25) is 0 Å². The summed E-state index contributed by atoms with van der Waals surface area (Å²) in [6.45, 7) is 1.24. The molecular formula is C19H25IN4O2. The van der Waals surface area contributed by atoms with Crippen LogP contribution in [0.3, 0.4) is 0 Å². The number of benzene rings is 1. The van der Waals surface area contributed by atoms with Gasteiger partial charge in [-0.2, -0.15) is 0 Å². The van der Waals surface area contributed by atoms with Gasteiger partial charge in [-0.1, -0.05) is 30.3 Å². The van der Waals surface area contributed by atoms with Crippen molar-refractivity contribution in [3.05, 3.63) is 60.1 Å². The Labute approximate surface area is 171 Å². The van der Waals surface area contributed by atoms with Gasteiger partial charge in [0, 0.05) is 33.0 Å². The van der Waals surface area contributed by atoms with E-state index < -0.39 is 0 Å². The molecule has 140 valence electrons. The average molecular weight is 468 g/mol. The summed E-state index contributed by atoms with van der Waals surface area (Å²) >= 11 is 0. The maximum absolute atomic E-state index is 12.2. The van der Waals surface area contributed by atoms with Crippen LogP contribution >= 0.6 is 24.0 Å². The van der Waals surface area contributed by atoms with Crippen LogP contribution in [0.15, 0.2) is 58.1 Å². The largest absolute Gasteiger partial charge is 0.467 e. The molecule has 1 aromatic heterocycles. The number of nitrogens with zero attached hydrogens (tertiary/aromatic N) is 2. The van der Waals surface area contributed by atoms with Crippen LogP contribution in [-0.2, 0) is 11.3 Å². The summed E-state index contributed by atoms with van der Waals surface area (Å²) < 4.78 is 5.31. The minimum atomic E-state index is 0. The Morgan fingerprint density at radius 3 is 2.65 bits per heavy atom. The Bertz CT molecular complexity index is 718. The number of hydrogen-bond donors (Lipinski definition) is 2. The molecule has 6 nitrogen and oxygen atoms in total. The van der Waals surface area contributed by atoms with Crippen LogP contribution in [0.4, 0.5) is 0 Å². The van der Waals surface area contributed by atoms with E-state index in [9.17, 15) is 4.79 Å². The van der Waals surface area contributed by atoms with Gasteiger partial charge in [-0.05, 0) is 17.7 Å². The molecule has 1 amide bonds. The molecule has 2 heterocycles. The number of halogens is 1. The first-order chi connectivity index (χ1) is 12.2. The van der Waals surface area contributed by atoms with E-state index in [1.54, 1.807) is 13.3 Å². The molecule has 26 heavy (non-hydrogen) atoms. The molecule has 1 aliphatic heterocycles. The number of amides is 1. The molecule has 2 aromatic rings. The highest BCUT2D eigenvalue weighted by molar-refractivity contribution is 14.0. The fourth-order valence-corrected chi connectivity index (χ4v) is 3.31. The highest BCUT2D eigenvalue weighted by atomic mass is 127. The fraction of sp³-hybridized carbons (Fsp3) is 0.368. The van der Waals surface area contributed by atoms with E-state index >= 15 is 0 Å². The predicted molar refractivity (Wildman–Crippen MR) is 112 cm³/mol. The molecule has 1 aliphatic rings. The summed E-state index contributed by atoms with van der Waals surface area (Å²) in [6.07, 6.45) is 2.19. The first kappa shape index (κ1) is 20.3. The average Bonchev–Trinajstić information content (AvgIpc) is 3.25. The Hall–Kier alpha value is -2.03. The Morgan fingerprint density at radius 1 is 1.23 bits per heavy atom. The normalized spacial score (nSPS) is 20.0. The van der Waals surface area contributed by atoms with Crippen molar-refractivity contribution in [2.75, 3.05) is 20.6 Å². The van der Waals surface area contributed by atoms with Crippen LogP contribution in [0.5, 0.6) is 0 Å². The van der Waals surface area contributed by atoms with Crippen molar-refractivity contribution in [3.8, 4) is 0 Å². The molecule has 0 bridgehead atoms. The second kappa shape index (κ2) is 9.61. The highest BCUT2D eigenvalue weighted by Gasteiger charge is 2.38. The van der Waals surface area contributed by atoms with Crippen molar-refractivity contribution in [1.29, 1.82) is 0 Å². The lowest BCUT2D eigenvalue weighted by atomic mass is 9.94. The monoisotopic (exact) mass is 468 g/mol. The van der Waals surface area contributed by atoms with Crippen molar-refractivity contribution in [2.24, 2.45) is 10.9 Å². The summed E-state index contributed by atoms with van der Waals surface area (Å²) in [5, 5.41) is 6.55. The summed E-state index contributed by atoms with van der Waals surface area (Å²) in [4.78, 5) is 18.3. The fourth-order valence-electron chi connectivity index (χ4n) is 3.31. The maximum Gasteiger partial charge on any atom is 0.223 e. The van der Waals surface area contributed by atoms with E-state index in [1.165, 1.54) is 5.56 Å². The van der Waals surface area contributed by atoms with Crippen molar-refractivity contribution in [1.82, 2.24) is 15.5 Å². The van der Waals surface area contributed by atoms with Crippen LogP contribution in [0.25, 0.3) is 0 Å². The molecule has 3 rings (SSSR count). The Morgan fingerprint density at radius 2 is 2.00 bits per heavy atom. The molecule has 0 radical (unpaired) electrons. The van der Waals surface area contributed by atoms with Gasteiger partial charge in [0.05, 0.1) is 18.8 Å². The lowest BCUT2D eigenvalue weighted by Gasteiger charge is -2.26. The summed E-state index contributed by atoms with van der Waals surface area (Å²) in [5.74, 6) is 1.92. The summed E-state index contributed by atoms with van der Waals surface area (Å²) in [7, 11) is 3.61. The number of furan rings is 1. The lowest BCUT2D eigenvalue weighted by Crippen LogP contribution is -2.40. The smallest absolute Gasteiger partial charge is 0.223 e. The zero-order valence-electron chi connectivity index (χ0n) is 15.0. The highest BCUT2D eigenvalue weighted by Crippen LogP contribution is 2.36. The number of guanidine groups is 1. The molecule has 1 fully saturated rings. The summed E-state index contributed by atoms with van der Waals surface area (Å²) in [6, 6.07) is 14.0. The van der Waals surface area contributed by atoms with Gasteiger partial charge >= 0.3 is 0 Å². The topological polar surface area (TPSA) is 69.9 Å². The van der Waals surface area contributed by atoms with E-state index in [2.05, 4.69) is 27.8 Å². The number of carbonyl (C=O) groups excluding carboxylic acids is 1. The van der Waals surface area contributed by atoms with Crippen LogP contribution in [0, 0.1) is 5.92 Å². The van der Waals surface area contributed by atoms with Gasteiger partial charge in [0.25, 0.3) is 0 Å². The lowest BCUT2D eigenvalue weighted by molar-refractivity contribution is -0.127. The maximum atomic E-state index is 12.2. The molecule has 2 atom stereocenters. The first-order valence-electron chi connectivity index (χ1n) is 8.46. The number of nitrogens with one attached hydrogen (secondary N) is 2. The number of likely N-dealkylation sites (tertiary alicyclic amines) is 1. The predicted octanol–water partition coefficient (Wildman–Crippen LogP) is 2.78. The molecule has 1 aromatic carbocycles. The summed E-state index contributed by atoms with van der Waals surface area (Å²) in [5.41, 5.74) is 1.17. The zero-order chi connectivity index (χ0) is 17.6. The van der Waals surface area contributed by atoms with Gasteiger partial charge in [-0.3, -0.25) is 9.79 Å². The molecule has 7 heteroatoms. The number of aliphatic imine (C=N–C) groups is 1. The van der Waals surface area contributed by atoms with Gasteiger partial charge in [0.15, 0.2) is 5.96 Å². The van der Waals surface area contributed by atoms with E-state index in [4.69, 9.17) is 4.42 Å². The van der Waals surface area contributed by atoms with Crippen molar-refractivity contribution >= 4 is 35.8 Å². The van der Waals surface area contributed by atoms with E-state index in [0.717, 1.165) is 5.76 Å². The first-order valence-corrected chi connectivity index (χ1v) is 8.46. The van der Waals surface area contributed by atoms with Gasteiger partial charge in [0.1, 0.15) is 5.76 Å². The SMILES string of the molecule is CN=C(NCc1ccco1)NCC1CC(=O)N(C)C1c1ccccc1.I. The molecular weight excluding hydrogens is 443 g/mol. The van der Waals surface area contributed by atoms with Gasteiger partial charge in [-0.15, -0.1) is 24.0 Å². The van der Waals surface area contributed by atoms with Crippen LogP contribution in [0.1, 0.15) is 23.8 Å². The molecule has 0 spiro atoms. The van der Waals surface area contributed by atoms with Crippen molar-refractivity contribution < 1.29 is 9.21 Å². The molecule has 2 unspecified atom stereocenters.